The Balaban J connectivity index is 3.19. The van der Waals surface area contributed by atoms with Crippen LogP contribution in [-0.4, -0.2) is 50.2 Å². The molecule has 0 aromatic rings. The highest BCUT2D eigenvalue weighted by atomic mass is 33.1. The van der Waals surface area contributed by atoms with Gasteiger partial charge in [-0.1, -0.05) is 13.8 Å². The van der Waals surface area contributed by atoms with Gasteiger partial charge in [0, 0.05) is 31.0 Å². The van der Waals surface area contributed by atoms with Crippen molar-refractivity contribution in [2.75, 3.05) is 40.0 Å². The fourth-order valence-electron chi connectivity index (χ4n) is 1.28. The Bertz CT molecular complexity index is 215. The lowest BCUT2D eigenvalue weighted by Crippen LogP contribution is -2.26. The molecule has 4 nitrogen and oxygen atoms in total. The summed E-state index contributed by atoms with van der Waals surface area (Å²) < 4.78 is 10.8. The van der Waals surface area contributed by atoms with Crippen LogP contribution < -0.4 is 0 Å². The lowest BCUT2D eigenvalue weighted by atomic mass is 10.1. The molecule has 108 valence electrons. The fourth-order valence-corrected chi connectivity index (χ4v) is 1.93. The van der Waals surface area contributed by atoms with Gasteiger partial charge in [0.15, 0.2) is 0 Å². The topological polar surface area (TPSA) is 38.8 Å². The average Bonchev–Trinajstić information content (AvgIpc) is 2.35. The lowest BCUT2D eigenvalue weighted by Gasteiger charge is -2.14. The number of carbonyl (C=O) groups is 1. The van der Waals surface area contributed by atoms with Crippen molar-refractivity contribution in [3.63, 3.8) is 0 Å². The second kappa shape index (κ2) is 12.1. The fraction of sp³-hybridized carbons (Fsp3) is 0.917. The van der Waals surface area contributed by atoms with Crippen LogP contribution in [0.25, 0.3) is 0 Å². The maximum absolute atomic E-state index is 11.1. The highest BCUT2D eigenvalue weighted by Crippen LogP contribution is 2.10. The zero-order valence-electron chi connectivity index (χ0n) is 11.6. The number of hydrogen-bond acceptors (Lipinski definition) is 5. The number of hydrogen-bond donors (Lipinski definition) is 1. The Morgan fingerprint density at radius 1 is 1.22 bits per heavy atom. The average molecular weight is 295 g/mol. The van der Waals surface area contributed by atoms with Crippen LogP contribution in [0.5, 0.6) is 0 Å². The van der Waals surface area contributed by atoms with Crippen LogP contribution in [0.3, 0.4) is 0 Å². The maximum Gasteiger partial charge on any atom is 0.291 e. The van der Waals surface area contributed by atoms with Gasteiger partial charge in [-0.3, -0.25) is 4.79 Å². The molecule has 0 unspecified atom stereocenters. The maximum atomic E-state index is 11.1. The predicted octanol–water partition coefficient (Wildman–Crippen LogP) is 3.09. The molecule has 0 fully saturated rings. The first-order chi connectivity index (χ1) is 8.57. The highest BCUT2D eigenvalue weighted by molar-refractivity contribution is 8.74. The Morgan fingerprint density at radius 2 is 1.83 bits per heavy atom. The molecule has 0 N–H and O–H groups in total. The van der Waals surface area contributed by atoms with Gasteiger partial charge in [-0.2, -0.15) is 0 Å². The third kappa shape index (κ3) is 11.2. The van der Waals surface area contributed by atoms with E-state index in [1.165, 1.54) is 6.42 Å². The van der Waals surface area contributed by atoms with Crippen LogP contribution in [0.15, 0.2) is 0 Å². The smallest absolute Gasteiger partial charge is 0.291 e. The summed E-state index contributed by atoms with van der Waals surface area (Å²) in [6.07, 6.45) is 2.31. The molecule has 0 aromatic carbocycles. The van der Waals surface area contributed by atoms with Crippen LogP contribution in [0.1, 0.15) is 26.7 Å². The van der Waals surface area contributed by atoms with Crippen molar-refractivity contribution >= 4 is 27.7 Å². The van der Waals surface area contributed by atoms with Crippen molar-refractivity contribution in [3.8, 4) is 0 Å². The van der Waals surface area contributed by atoms with E-state index in [0.717, 1.165) is 29.7 Å². The molecular weight excluding hydrogens is 270 g/mol. The quantitative estimate of drug-likeness (QED) is 0.382. The summed E-state index contributed by atoms with van der Waals surface area (Å²) in [7, 11) is 2.65. The molecule has 0 rings (SSSR count). The second-order valence-electron chi connectivity index (χ2n) is 4.54. The van der Waals surface area contributed by atoms with Crippen molar-refractivity contribution in [2.45, 2.75) is 26.7 Å². The van der Waals surface area contributed by atoms with Gasteiger partial charge in [-0.05, 0) is 18.8 Å². The summed E-state index contributed by atoms with van der Waals surface area (Å²) in [6.45, 7) is 7.55. The van der Waals surface area contributed by atoms with Gasteiger partial charge in [0.2, 0.25) is 0 Å². The van der Waals surface area contributed by atoms with Crippen LogP contribution in [0.2, 0.25) is 0 Å². The third-order valence-corrected chi connectivity index (χ3v) is 3.34. The molecule has 0 spiro atoms. The number of amides is 1. The summed E-state index contributed by atoms with van der Waals surface area (Å²) in [6, 6.07) is 0. The summed E-state index contributed by atoms with van der Waals surface area (Å²) in [5, 5.41) is -0.0631. The molecular formula is C12H25NO3S2. The summed E-state index contributed by atoms with van der Waals surface area (Å²) >= 11 is 3.84. The van der Waals surface area contributed by atoms with E-state index in [2.05, 4.69) is 25.5 Å². The SMILES string of the molecule is CC(C)CCCOCCOCCN(C)C(=O)SS. The molecule has 18 heavy (non-hydrogen) atoms. The summed E-state index contributed by atoms with van der Waals surface area (Å²) in [4.78, 5) is 12.7. The van der Waals surface area contributed by atoms with Gasteiger partial charge in [0.05, 0.1) is 19.8 Å². The zero-order chi connectivity index (χ0) is 13.8. The molecule has 0 saturated carbocycles. The van der Waals surface area contributed by atoms with Crippen molar-refractivity contribution in [2.24, 2.45) is 5.92 Å². The van der Waals surface area contributed by atoms with Crippen LogP contribution in [0.4, 0.5) is 4.79 Å². The Labute approximate surface area is 120 Å². The number of likely N-dealkylation sites (N-methyl/N-ethyl adjacent to an activating group) is 1. The molecule has 0 aliphatic carbocycles. The lowest BCUT2D eigenvalue weighted by molar-refractivity contribution is 0.0421. The summed E-state index contributed by atoms with van der Waals surface area (Å²) in [5.74, 6) is 0.739. The molecule has 1 amide bonds. The largest absolute Gasteiger partial charge is 0.379 e. The van der Waals surface area contributed by atoms with Crippen molar-refractivity contribution in [3.05, 3.63) is 0 Å². The first-order valence-electron chi connectivity index (χ1n) is 6.30. The first-order valence-corrected chi connectivity index (χ1v) is 8.16. The van der Waals surface area contributed by atoms with Crippen LogP contribution in [0, 0.1) is 5.92 Å². The molecule has 0 aliphatic heterocycles. The molecule has 0 atom stereocenters. The number of thiol groups is 1. The minimum atomic E-state index is -0.0631. The minimum absolute atomic E-state index is 0.0631. The monoisotopic (exact) mass is 295 g/mol. The second-order valence-corrected chi connectivity index (χ2v) is 5.62. The minimum Gasteiger partial charge on any atom is -0.379 e. The van der Waals surface area contributed by atoms with Crippen molar-refractivity contribution in [1.82, 2.24) is 4.90 Å². The predicted molar refractivity (Wildman–Crippen MR) is 80.3 cm³/mol. The Hall–Kier alpha value is 0.0900. The van der Waals surface area contributed by atoms with Gasteiger partial charge in [-0.25, -0.2) is 0 Å². The number of rotatable bonds is 10. The van der Waals surface area contributed by atoms with E-state index in [1.807, 2.05) is 0 Å². The van der Waals surface area contributed by atoms with E-state index >= 15 is 0 Å². The van der Waals surface area contributed by atoms with Gasteiger partial charge in [0.25, 0.3) is 5.24 Å². The molecule has 6 heteroatoms. The third-order valence-electron chi connectivity index (χ3n) is 2.40. The Morgan fingerprint density at radius 3 is 2.39 bits per heavy atom. The van der Waals surface area contributed by atoms with Crippen LogP contribution >= 0.6 is 22.5 Å². The van der Waals surface area contributed by atoms with E-state index < -0.39 is 0 Å². The highest BCUT2D eigenvalue weighted by Gasteiger charge is 2.05. The number of nitrogens with zero attached hydrogens (tertiary/aromatic N) is 1. The Kier molecular flexibility index (Phi) is 12.2. The van der Waals surface area contributed by atoms with Crippen molar-refractivity contribution in [1.29, 1.82) is 0 Å². The molecule has 0 aliphatic rings. The molecule has 0 saturated heterocycles. The zero-order valence-corrected chi connectivity index (χ0v) is 13.3. The summed E-state index contributed by atoms with van der Waals surface area (Å²) in [5.41, 5.74) is 0. The van der Waals surface area contributed by atoms with Gasteiger partial charge >= 0.3 is 0 Å². The number of ether oxygens (including phenoxy) is 2. The molecule has 0 heterocycles. The molecule has 0 radical (unpaired) electrons. The van der Waals surface area contributed by atoms with Crippen molar-refractivity contribution < 1.29 is 14.3 Å². The van der Waals surface area contributed by atoms with E-state index in [4.69, 9.17) is 9.47 Å². The van der Waals surface area contributed by atoms with E-state index in [1.54, 1.807) is 11.9 Å². The standard InChI is InChI=1S/C12H25NO3S2/c1-11(2)5-4-7-15-9-10-16-8-6-13(3)12(14)18-17/h11,17H,4-10H2,1-3H3. The van der Waals surface area contributed by atoms with Gasteiger partial charge in [-0.15, -0.1) is 11.7 Å². The molecule has 0 aromatic heterocycles. The van der Waals surface area contributed by atoms with E-state index in [0.29, 0.717) is 26.4 Å². The molecule has 0 bridgehead atoms. The van der Waals surface area contributed by atoms with Crippen LogP contribution in [-0.2, 0) is 9.47 Å². The number of carbonyl (C=O) groups excluding carboxylic acids is 1. The normalized spacial score (nSPS) is 10.9. The van der Waals surface area contributed by atoms with E-state index in [9.17, 15) is 4.79 Å². The van der Waals surface area contributed by atoms with E-state index in [-0.39, 0.29) is 5.24 Å². The first kappa shape index (κ1) is 18.1. The van der Waals surface area contributed by atoms with Gasteiger partial charge < -0.3 is 14.4 Å². The van der Waals surface area contributed by atoms with Gasteiger partial charge in [0.1, 0.15) is 0 Å².